The van der Waals surface area contributed by atoms with Crippen molar-refractivity contribution in [3.63, 3.8) is 0 Å². The van der Waals surface area contributed by atoms with Gasteiger partial charge in [-0.25, -0.2) is 9.37 Å². The van der Waals surface area contributed by atoms with Gasteiger partial charge in [0.2, 0.25) is 0 Å². The molecule has 5 rings (SSSR count). The average Bonchev–Trinajstić information content (AvgIpc) is 3.31. The van der Waals surface area contributed by atoms with E-state index in [1.807, 2.05) is 47.0 Å². The standard InChI is InChI=1S/C22H25FN6O/c1-28(19-11-14-3-2-4-18(25-14)22(19)23)21-8-7-17(26-27-21)16-6-5-15(12-20(16)30)29-10-9-24-13-29/h5-10,12-14,18-19,22,25,30H,2-4,11H2,1H3/t14?,18?,19-,22+/m0/s1. The number of imidazole rings is 1. The highest BCUT2D eigenvalue weighted by atomic mass is 19.1. The van der Waals surface area contributed by atoms with Gasteiger partial charge in [-0.15, -0.1) is 10.2 Å². The molecule has 0 saturated carbocycles. The molecule has 1 aromatic carbocycles. The number of anilines is 1. The number of benzene rings is 1. The molecule has 156 valence electrons. The molecular weight excluding hydrogens is 383 g/mol. The highest BCUT2D eigenvalue weighted by molar-refractivity contribution is 5.69. The number of phenols is 1. The van der Waals surface area contributed by atoms with Gasteiger partial charge in [0.05, 0.1) is 23.8 Å². The summed E-state index contributed by atoms with van der Waals surface area (Å²) >= 11 is 0. The minimum Gasteiger partial charge on any atom is -0.507 e. The van der Waals surface area contributed by atoms with Gasteiger partial charge in [0, 0.05) is 43.2 Å². The summed E-state index contributed by atoms with van der Waals surface area (Å²) in [5.41, 5.74) is 1.98. The van der Waals surface area contributed by atoms with Gasteiger partial charge in [-0.05, 0) is 43.5 Å². The SMILES string of the molecule is CN(c1ccc(-c2ccc(-n3ccnc3)cc2O)nn1)[C@H]1CC2CCCC(N2)[C@H]1F. The van der Waals surface area contributed by atoms with Crippen LogP contribution in [-0.4, -0.2) is 56.2 Å². The predicted molar refractivity (Wildman–Crippen MR) is 113 cm³/mol. The summed E-state index contributed by atoms with van der Waals surface area (Å²) in [6.07, 6.45) is 8.10. The molecule has 2 unspecified atom stereocenters. The first-order chi connectivity index (χ1) is 14.6. The molecule has 2 aliphatic heterocycles. The predicted octanol–water partition coefficient (Wildman–Crippen LogP) is 3.09. The Morgan fingerprint density at radius 3 is 2.83 bits per heavy atom. The quantitative estimate of drug-likeness (QED) is 0.691. The lowest BCUT2D eigenvalue weighted by Gasteiger charge is -2.46. The summed E-state index contributed by atoms with van der Waals surface area (Å²) in [6.45, 7) is 0. The maximum absolute atomic E-state index is 15.0. The van der Waals surface area contributed by atoms with Crippen molar-refractivity contribution in [2.24, 2.45) is 0 Å². The monoisotopic (exact) mass is 408 g/mol. The fraction of sp³-hybridized carbons (Fsp3) is 0.409. The third kappa shape index (κ3) is 3.41. The normalized spacial score (nSPS) is 25.8. The van der Waals surface area contributed by atoms with E-state index in [1.54, 1.807) is 18.6 Å². The molecule has 4 heterocycles. The first kappa shape index (κ1) is 19.0. The van der Waals surface area contributed by atoms with Crippen LogP contribution in [0.15, 0.2) is 49.1 Å². The number of fused-ring (bicyclic) bond motifs is 2. The van der Waals surface area contributed by atoms with Crippen molar-refractivity contribution in [2.45, 2.75) is 50.0 Å². The van der Waals surface area contributed by atoms with E-state index in [9.17, 15) is 5.11 Å². The third-order valence-corrected chi connectivity index (χ3v) is 6.36. The number of phenolic OH excluding ortho intramolecular Hbond substituents is 1. The zero-order valence-electron chi connectivity index (χ0n) is 16.8. The average molecular weight is 408 g/mol. The third-order valence-electron chi connectivity index (χ3n) is 6.36. The molecule has 0 radical (unpaired) electrons. The summed E-state index contributed by atoms with van der Waals surface area (Å²) in [5.74, 6) is 0.757. The number of halogens is 1. The Morgan fingerprint density at radius 2 is 2.10 bits per heavy atom. The van der Waals surface area contributed by atoms with Crippen molar-refractivity contribution in [2.75, 3.05) is 11.9 Å². The van der Waals surface area contributed by atoms with E-state index in [-0.39, 0.29) is 17.8 Å². The topological polar surface area (TPSA) is 79.1 Å². The zero-order valence-corrected chi connectivity index (χ0v) is 16.8. The maximum atomic E-state index is 15.0. The number of alkyl halides is 1. The summed E-state index contributed by atoms with van der Waals surface area (Å²) in [6, 6.07) is 9.13. The molecule has 0 spiro atoms. The maximum Gasteiger partial charge on any atom is 0.151 e. The Morgan fingerprint density at radius 1 is 1.20 bits per heavy atom. The minimum atomic E-state index is -0.923. The van der Waals surface area contributed by atoms with Gasteiger partial charge < -0.3 is 19.9 Å². The smallest absolute Gasteiger partial charge is 0.151 e. The molecule has 4 atom stereocenters. The van der Waals surface area contributed by atoms with Crippen LogP contribution in [0.3, 0.4) is 0 Å². The van der Waals surface area contributed by atoms with E-state index in [0.717, 1.165) is 31.4 Å². The molecule has 0 amide bonds. The fourth-order valence-electron chi connectivity index (χ4n) is 4.69. The van der Waals surface area contributed by atoms with E-state index in [1.165, 1.54) is 0 Å². The van der Waals surface area contributed by atoms with E-state index in [0.29, 0.717) is 23.1 Å². The summed E-state index contributed by atoms with van der Waals surface area (Å²) < 4.78 is 16.8. The molecular formula is C22H25FN6O. The van der Waals surface area contributed by atoms with Crippen LogP contribution in [-0.2, 0) is 0 Å². The summed E-state index contributed by atoms with van der Waals surface area (Å²) in [5, 5.41) is 22.5. The van der Waals surface area contributed by atoms with Crippen molar-refractivity contribution < 1.29 is 9.50 Å². The van der Waals surface area contributed by atoms with Gasteiger partial charge in [-0.3, -0.25) is 0 Å². The number of piperidine rings is 2. The molecule has 2 bridgehead atoms. The first-order valence-electron chi connectivity index (χ1n) is 10.4. The van der Waals surface area contributed by atoms with Crippen LogP contribution in [0.1, 0.15) is 25.7 Å². The number of nitrogens with zero attached hydrogens (tertiary/aromatic N) is 5. The van der Waals surface area contributed by atoms with Crippen LogP contribution in [0.2, 0.25) is 0 Å². The Balaban J connectivity index is 1.35. The largest absolute Gasteiger partial charge is 0.507 e. The molecule has 7 nitrogen and oxygen atoms in total. The molecule has 8 heteroatoms. The number of nitrogens with one attached hydrogen (secondary N) is 1. The van der Waals surface area contributed by atoms with Crippen LogP contribution in [0.5, 0.6) is 5.75 Å². The summed E-state index contributed by atoms with van der Waals surface area (Å²) in [4.78, 5) is 5.93. The minimum absolute atomic E-state index is 0.0665. The second-order valence-electron chi connectivity index (χ2n) is 8.21. The Hall–Kier alpha value is -3.00. The molecule has 0 aliphatic carbocycles. The van der Waals surface area contributed by atoms with E-state index >= 15 is 4.39 Å². The van der Waals surface area contributed by atoms with E-state index in [4.69, 9.17) is 0 Å². The van der Waals surface area contributed by atoms with Gasteiger partial charge in [0.15, 0.2) is 5.82 Å². The lowest BCUT2D eigenvalue weighted by molar-refractivity contribution is 0.107. The molecule has 3 aromatic rings. The van der Waals surface area contributed by atoms with Crippen molar-refractivity contribution in [1.29, 1.82) is 0 Å². The highest BCUT2D eigenvalue weighted by Crippen LogP contribution is 2.33. The van der Waals surface area contributed by atoms with Gasteiger partial charge in [-0.1, -0.05) is 6.42 Å². The van der Waals surface area contributed by atoms with Crippen LogP contribution < -0.4 is 10.2 Å². The zero-order chi connectivity index (χ0) is 20.7. The number of hydrogen-bond acceptors (Lipinski definition) is 6. The Labute approximate surface area is 174 Å². The second-order valence-corrected chi connectivity index (χ2v) is 8.21. The van der Waals surface area contributed by atoms with Gasteiger partial charge >= 0.3 is 0 Å². The molecule has 2 aromatic heterocycles. The molecule has 2 N–H and O–H groups in total. The van der Waals surface area contributed by atoms with Crippen molar-refractivity contribution in [3.8, 4) is 22.7 Å². The van der Waals surface area contributed by atoms with Gasteiger partial charge in [-0.2, -0.15) is 0 Å². The van der Waals surface area contributed by atoms with Gasteiger partial charge in [0.25, 0.3) is 0 Å². The Kier molecular flexibility index (Phi) is 4.86. The van der Waals surface area contributed by atoms with Crippen LogP contribution in [0.25, 0.3) is 16.9 Å². The molecule has 2 aliphatic rings. The number of rotatable bonds is 4. The second kappa shape index (κ2) is 7.68. The number of aromatic hydroxyl groups is 1. The van der Waals surface area contributed by atoms with Gasteiger partial charge in [0.1, 0.15) is 11.9 Å². The molecule has 2 saturated heterocycles. The lowest BCUT2D eigenvalue weighted by atomic mass is 9.82. The fourth-order valence-corrected chi connectivity index (χ4v) is 4.69. The number of hydrogen-bond donors (Lipinski definition) is 2. The van der Waals surface area contributed by atoms with E-state index < -0.39 is 6.17 Å². The van der Waals surface area contributed by atoms with Crippen LogP contribution in [0, 0.1) is 0 Å². The Bertz CT molecular complexity index is 1010. The van der Waals surface area contributed by atoms with E-state index in [2.05, 4.69) is 20.5 Å². The van der Waals surface area contributed by atoms with Crippen molar-refractivity contribution in [3.05, 3.63) is 49.1 Å². The van der Waals surface area contributed by atoms with Crippen LogP contribution >= 0.6 is 0 Å². The molecule has 2 fully saturated rings. The molecule has 30 heavy (non-hydrogen) atoms. The van der Waals surface area contributed by atoms with Crippen molar-refractivity contribution in [1.82, 2.24) is 25.1 Å². The summed E-state index contributed by atoms with van der Waals surface area (Å²) in [7, 11) is 1.89. The van der Waals surface area contributed by atoms with Crippen molar-refractivity contribution >= 4 is 5.82 Å². The van der Waals surface area contributed by atoms with Crippen LogP contribution in [0.4, 0.5) is 10.2 Å². The number of aromatic nitrogens is 4. The first-order valence-corrected chi connectivity index (χ1v) is 10.4. The lowest BCUT2D eigenvalue weighted by Crippen LogP contribution is -2.61. The highest BCUT2D eigenvalue weighted by Gasteiger charge is 2.41.